The van der Waals surface area contributed by atoms with Gasteiger partial charge in [-0.25, -0.2) is 8.42 Å². The zero-order valence-electron chi connectivity index (χ0n) is 10.0. The average molecular weight is 256 g/mol. The van der Waals surface area contributed by atoms with Gasteiger partial charge in [-0.15, -0.1) is 0 Å². The van der Waals surface area contributed by atoms with E-state index in [1.165, 1.54) is 0 Å². The van der Waals surface area contributed by atoms with Crippen molar-refractivity contribution in [2.45, 2.75) is 19.3 Å². The highest BCUT2D eigenvalue weighted by Crippen LogP contribution is 2.24. The summed E-state index contributed by atoms with van der Waals surface area (Å²) in [6, 6.07) is 6.55. The average Bonchev–Trinajstić information content (AvgIpc) is 2.15. The SMILES string of the molecule is CC(C)(C(N)=O)c1ccc(NS(C)(=O)=O)cc1. The zero-order chi connectivity index (χ0) is 13.3. The topological polar surface area (TPSA) is 89.3 Å². The molecule has 0 saturated heterocycles. The van der Waals surface area contributed by atoms with Crippen molar-refractivity contribution in [2.24, 2.45) is 5.73 Å². The summed E-state index contributed by atoms with van der Waals surface area (Å²) in [7, 11) is -3.28. The van der Waals surface area contributed by atoms with Crippen LogP contribution < -0.4 is 10.5 Å². The first kappa shape index (κ1) is 13.5. The Morgan fingerprint density at radius 1 is 1.24 bits per heavy atom. The molecule has 1 aromatic carbocycles. The summed E-state index contributed by atoms with van der Waals surface area (Å²) in [5.74, 6) is -0.429. The van der Waals surface area contributed by atoms with Crippen molar-refractivity contribution in [1.82, 2.24) is 0 Å². The minimum absolute atomic E-state index is 0.429. The van der Waals surface area contributed by atoms with Crippen LogP contribution in [0.2, 0.25) is 0 Å². The van der Waals surface area contributed by atoms with Crippen molar-refractivity contribution in [3.8, 4) is 0 Å². The van der Waals surface area contributed by atoms with Crippen LogP contribution in [0.25, 0.3) is 0 Å². The lowest BCUT2D eigenvalue weighted by atomic mass is 9.84. The van der Waals surface area contributed by atoms with Crippen LogP contribution in [-0.2, 0) is 20.2 Å². The fraction of sp³-hybridized carbons (Fsp3) is 0.364. The van der Waals surface area contributed by atoms with Gasteiger partial charge in [-0.05, 0) is 31.5 Å². The molecule has 1 aromatic rings. The van der Waals surface area contributed by atoms with Crippen LogP contribution in [0.4, 0.5) is 5.69 Å². The predicted molar refractivity (Wildman–Crippen MR) is 67.1 cm³/mol. The lowest BCUT2D eigenvalue weighted by Crippen LogP contribution is -2.35. The van der Waals surface area contributed by atoms with E-state index in [4.69, 9.17) is 5.73 Å². The number of sulfonamides is 1. The van der Waals surface area contributed by atoms with E-state index in [2.05, 4.69) is 4.72 Å². The van der Waals surface area contributed by atoms with Crippen LogP contribution in [0.15, 0.2) is 24.3 Å². The zero-order valence-corrected chi connectivity index (χ0v) is 10.8. The van der Waals surface area contributed by atoms with Crippen molar-refractivity contribution in [3.05, 3.63) is 29.8 Å². The summed E-state index contributed by atoms with van der Waals surface area (Å²) in [5, 5.41) is 0. The molecule has 0 fully saturated rings. The quantitative estimate of drug-likeness (QED) is 0.835. The third kappa shape index (κ3) is 3.45. The van der Waals surface area contributed by atoms with Gasteiger partial charge in [-0.3, -0.25) is 9.52 Å². The molecule has 0 aliphatic heterocycles. The molecule has 0 spiro atoms. The molecule has 3 N–H and O–H groups in total. The first-order chi connectivity index (χ1) is 7.63. The Bertz CT molecular complexity index is 518. The maximum absolute atomic E-state index is 11.2. The second kappa shape index (κ2) is 4.37. The monoisotopic (exact) mass is 256 g/mol. The molecule has 1 rings (SSSR count). The van der Waals surface area contributed by atoms with E-state index < -0.39 is 21.3 Å². The number of primary amides is 1. The maximum Gasteiger partial charge on any atom is 0.229 e. The molecule has 0 bridgehead atoms. The molecule has 1 amide bonds. The lowest BCUT2D eigenvalue weighted by Gasteiger charge is -2.21. The number of carbonyl (C=O) groups excluding carboxylic acids is 1. The van der Waals surface area contributed by atoms with Gasteiger partial charge in [0.15, 0.2) is 0 Å². The second-order valence-electron chi connectivity index (χ2n) is 4.44. The standard InChI is InChI=1S/C11H16N2O3S/c1-11(2,10(12)14)8-4-6-9(7-5-8)13-17(3,15)16/h4-7,13H,1-3H3,(H2,12,14). The van der Waals surface area contributed by atoms with Gasteiger partial charge < -0.3 is 5.73 Å². The Balaban J connectivity index is 3.00. The van der Waals surface area contributed by atoms with E-state index in [-0.39, 0.29) is 0 Å². The van der Waals surface area contributed by atoms with E-state index in [0.717, 1.165) is 11.8 Å². The molecule has 17 heavy (non-hydrogen) atoms. The van der Waals surface area contributed by atoms with E-state index >= 15 is 0 Å². The molecule has 0 aromatic heterocycles. The minimum Gasteiger partial charge on any atom is -0.369 e. The first-order valence-electron chi connectivity index (χ1n) is 5.01. The number of nitrogens with one attached hydrogen (secondary N) is 1. The fourth-order valence-electron chi connectivity index (χ4n) is 1.31. The number of hydrogen-bond acceptors (Lipinski definition) is 3. The van der Waals surface area contributed by atoms with Crippen molar-refractivity contribution >= 4 is 21.6 Å². The van der Waals surface area contributed by atoms with Crippen molar-refractivity contribution < 1.29 is 13.2 Å². The molecule has 0 radical (unpaired) electrons. The molecule has 94 valence electrons. The number of amides is 1. The normalized spacial score (nSPS) is 12.2. The van der Waals surface area contributed by atoms with Crippen LogP contribution in [0.1, 0.15) is 19.4 Å². The lowest BCUT2D eigenvalue weighted by molar-refractivity contribution is -0.122. The minimum atomic E-state index is -3.28. The number of anilines is 1. The number of hydrogen-bond donors (Lipinski definition) is 2. The third-order valence-electron chi connectivity index (χ3n) is 2.53. The molecule has 5 nitrogen and oxygen atoms in total. The van der Waals surface area contributed by atoms with Crippen molar-refractivity contribution in [3.63, 3.8) is 0 Å². The van der Waals surface area contributed by atoms with Crippen molar-refractivity contribution in [2.75, 3.05) is 11.0 Å². The molecule has 0 atom stereocenters. The second-order valence-corrected chi connectivity index (χ2v) is 6.19. The maximum atomic E-state index is 11.2. The molecule has 0 aliphatic carbocycles. The Morgan fingerprint density at radius 3 is 2.06 bits per heavy atom. The summed E-state index contributed by atoms with van der Waals surface area (Å²) < 4.78 is 24.4. The highest BCUT2D eigenvalue weighted by Gasteiger charge is 2.26. The fourth-order valence-corrected chi connectivity index (χ4v) is 1.88. The number of nitrogens with two attached hydrogens (primary N) is 1. The largest absolute Gasteiger partial charge is 0.369 e. The predicted octanol–water partition coefficient (Wildman–Crippen LogP) is 0.821. The third-order valence-corrected chi connectivity index (χ3v) is 3.13. The van der Waals surface area contributed by atoms with Gasteiger partial charge in [-0.2, -0.15) is 0 Å². The smallest absolute Gasteiger partial charge is 0.229 e. The molecule has 0 unspecified atom stereocenters. The van der Waals surface area contributed by atoms with Crippen LogP contribution >= 0.6 is 0 Å². The van der Waals surface area contributed by atoms with Gasteiger partial charge >= 0.3 is 0 Å². The molecule has 6 heteroatoms. The summed E-state index contributed by atoms with van der Waals surface area (Å²) in [5.41, 5.74) is 5.71. The van der Waals surface area contributed by atoms with Crippen LogP contribution in [0.5, 0.6) is 0 Å². The van der Waals surface area contributed by atoms with Crippen LogP contribution in [0.3, 0.4) is 0 Å². The van der Waals surface area contributed by atoms with Gasteiger partial charge in [0, 0.05) is 5.69 Å². The van der Waals surface area contributed by atoms with Crippen LogP contribution in [-0.4, -0.2) is 20.6 Å². The van der Waals surface area contributed by atoms with Gasteiger partial charge in [0.05, 0.1) is 11.7 Å². The summed E-state index contributed by atoms with van der Waals surface area (Å²) in [4.78, 5) is 11.2. The van der Waals surface area contributed by atoms with E-state index in [9.17, 15) is 13.2 Å². The Kier molecular flexibility index (Phi) is 3.47. The first-order valence-corrected chi connectivity index (χ1v) is 6.90. The van der Waals surface area contributed by atoms with E-state index in [1.807, 2.05) is 0 Å². The highest BCUT2D eigenvalue weighted by molar-refractivity contribution is 7.92. The van der Waals surface area contributed by atoms with Gasteiger partial charge in [0.1, 0.15) is 0 Å². The number of rotatable bonds is 4. The van der Waals surface area contributed by atoms with E-state index in [0.29, 0.717) is 5.69 Å². The molecular weight excluding hydrogens is 240 g/mol. The summed E-state index contributed by atoms with van der Waals surface area (Å²) in [6.45, 7) is 3.43. The van der Waals surface area contributed by atoms with E-state index in [1.54, 1.807) is 38.1 Å². The van der Waals surface area contributed by atoms with Crippen molar-refractivity contribution in [1.29, 1.82) is 0 Å². The van der Waals surface area contributed by atoms with Crippen LogP contribution in [0, 0.1) is 0 Å². The highest BCUT2D eigenvalue weighted by atomic mass is 32.2. The van der Waals surface area contributed by atoms with Gasteiger partial charge in [0.25, 0.3) is 0 Å². The number of carbonyl (C=O) groups is 1. The molecule has 0 heterocycles. The Morgan fingerprint density at radius 2 is 1.71 bits per heavy atom. The summed E-state index contributed by atoms with van der Waals surface area (Å²) >= 11 is 0. The summed E-state index contributed by atoms with van der Waals surface area (Å²) in [6.07, 6.45) is 1.08. The Labute approximate surface area is 101 Å². The van der Waals surface area contributed by atoms with Gasteiger partial charge in [0.2, 0.25) is 15.9 Å². The molecular formula is C11H16N2O3S. The number of benzene rings is 1. The Hall–Kier alpha value is -1.56. The molecule has 0 saturated carbocycles. The van der Waals surface area contributed by atoms with Gasteiger partial charge in [-0.1, -0.05) is 12.1 Å². The molecule has 0 aliphatic rings.